The zero-order valence-corrected chi connectivity index (χ0v) is 21.3. The lowest BCUT2D eigenvalue weighted by molar-refractivity contribution is -0.139. The minimum atomic E-state index is -2.34. The van der Waals surface area contributed by atoms with E-state index in [-0.39, 0.29) is 12.3 Å². The number of amides is 3. The fourth-order valence-corrected chi connectivity index (χ4v) is 4.85. The summed E-state index contributed by atoms with van der Waals surface area (Å²) < 4.78 is 33.8. The number of para-hydroxylation sites is 1. The zero-order chi connectivity index (χ0) is 27.0. The highest BCUT2D eigenvalue weighted by Crippen LogP contribution is 2.32. The molecule has 37 heavy (non-hydrogen) atoms. The van der Waals surface area contributed by atoms with Crippen molar-refractivity contribution in [3.63, 3.8) is 0 Å². The van der Waals surface area contributed by atoms with Gasteiger partial charge < -0.3 is 26.0 Å². The standard InChI is InChI=1S/C25H31F2N5O4S/c1-16(20-10-17(13-37-20)23(28)29)31-24(35)19-11-25(27,14-26)15-32(19)22(34)12-30-21(33)8-5-9-36-18-6-3-2-4-7-18/h2-4,6-7,10,13,16,19H,5,8-9,11-12,14-15H2,1H3,(H3,28,29)(H,30,33)(H,31,35)/t16?,19-,25-/m0/s1. The molecule has 5 N–H and O–H groups in total. The van der Waals surface area contributed by atoms with Crippen LogP contribution >= 0.6 is 11.3 Å². The van der Waals surface area contributed by atoms with Gasteiger partial charge in [-0.2, -0.15) is 0 Å². The molecule has 12 heteroatoms. The van der Waals surface area contributed by atoms with E-state index in [0.29, 0.717) is 24.3 Å². The smallest absolute Gasteiger partial charge is 0.243 e. The van der Waals surface area contributed by atoms with Gasteiger partial charge in [0.1, 0.15) is 24.3 Å². The van der Waals surface area contributed by atoms with Crippen LogP contribution in [-0.2, 0) is 14.4 Å². The molecule has 3 rings (SSSR count). The first-order valence-corrected chi connectivity index (χ1v) is 12.7. The Morgan fingerprint density at radius 3 is 2.70 bits per heavy atom. The fourth-order valence-electron chi connectivity index (χ4n) is 3.94. The first-order chi connectivity index (χ1) is 17.6. The molecular weight excluding hydrogens is 504 g/mol. The van der Waals surface area contributed by atoms with Gasteiger partial charge in [0.05, 0.1) is 25.7 Å². The minimum absolute atomic E-state index is 0.107. The third kappa shape index (κ3) is 7.72. The molecule has 0 spiro atoms. The maximum absolute atomic E-state index is 14.9. The highest BCUT2D eigenvalue weighted by atomic mass is 32.1. The molecule has 3 amide bonds. The number of nitrogens with two attached hydrogens (primary N) is 1. The average Bonchev–Trinajstić information content (AvgIpc) is 3.52. The number of carbonyl (C=O) groups is 3. The molecule has 0 radical (unpaired) electrons. The average molecular weight is 536 g/mol. The summed E-state index contributed by atoms with van der Waals surface area (Å²) in [5.74, 6) is -1.12. The van der Waals surface area contributed by atoms with Gasteiger partial charge in [0.15, 0.2) is 5.67 Å². The fraction of sp³-hybridized carbons (Fsp3) is 0.440. The number of ether oxygens (including phenoxy) is 1. The lowest BCUT2D eigenvalue weighted by atomic mass is 10.0. The van der Waals surface area contributed by atoms with Gasteiger partial charge in [-0.05, 0) is 31.5 Å². The second-order valence-corrected chi connectivity index (χ2v) is 9.89. The molecule has 1 aromatic carbocycles. The highest BCUT2D eigenvalue weighted by Gasteiger charge is 2.49. The van der Waals surface area contributed by atoms with E-state index in [1.807, 2.05) is 18.2 Å². The number of thiophene rings is 1. The number of nitrogens with one attached hydrogen (secondary N) is 3. The number of amidine groups is 1. The number of benzene rings is 1. The Morgan fingerprint density at radius 2 is 2.05 bits per heavy atom. The number of alkyl halides is 2. The molecule has 2 aromatic rings. The second-order valence-electron chi connectivity index (χ2n) is 8.95. The molecule has 1 aliphatic heterocycles. The van der Waals surface area contributed by atoms with Crippen molar-refractivity contribution in [2.45, 2.75) is 43.9 Å². The van der Waals surface area contributed by atoms with Crippen molar-refractivity contribution in [1.82, 2.24) is 15.5 Å². The minimum Gasteiger partial charge on any atom is -0.494 e. The van der Waals surface area contributed by atoms with Gasteiger partial charge in [0.25, 0.3) is 0 Å². The SMILES string of the molecule is CC(NC(=O)[C@@H]1C[C@](F)(CF)CN1C(=O)CNC(=O)CCCOc1ccccc1)c1cc(C(=N)N)cs1. The van der Waals surface area contributed by atoms with Crippen LogP contribution in [0.1, 0.15) is 42.7 Å². The van der Waals surface area contributed by atoms with E-state index in [9.17, 15) is 23.2 Å². The first kappa shape index (κ1) is 28.0. The summed E-state index contributed by atoms with van der Waals surface area (Å²) in [7, 11) is 0. The predicted molar refractivity (Wildman–Crippen MR) is 136 cm³/mol. The van der Waals surface area contributed by atoms with E-state index < -0.39 is 61.7 Å². The van der Waals surface area contributed by atoms with E-state index in [1.54, 1.807) is 30.5 Å². The third-order valence-electron chi connectivity index (χ3n) is 5.96. The summed E-state index contributed by atoms with van der Waals surface area (Å²) in [5, 5.41) is 14.4. The van der Waals surface area contributed by atoms with Crippen molar-refractivity contribution in [3.8, 4) is 5.75 Å². The van der Waals surface area contributed by atoms with Gasteiger partial charge >= 0.3 is 0 Å². The van der Waals surface area contributed by atoms with Crippen LogP contribution in [-0.4, -0.2) is 66.5 Å². The van der Waals surface area contributed by atoms with E-state index in [2.05, 4.69) is 10.6 Å². The number of hydrogen-bond acceptors (Lipinski definition) is 6. The molecule has 1 fully saturated rings. The predicted octanol–water partition coefficient (Wildman–Crippen LogP) is 2.46. The van der Waals surface area contributed by atoms with Crippen LogP contribution in [0.25, 0.3) is 0 Å². The number of nitrogen functional groups attached to an aromatic ring is 1. The van der Waals surface area contributed by atoms with Crippen LogP contribution in [0.4, 0.5) is 8.78 Å². The largest absolute Gasteiger partial charge is 0.494 e. The molecule has 0 aliphatic carbocycles. The van der Waals surface area contributed by atoms with E-state index in [4.69, 9.17) is 15.9 Å². The number of likely N-dealkylation sites (tertiary alicyclic amines) is 1. The van der Waals surface area contributed by atoms with E-state index >= 15 is 0 Å². The molecule has 200 valence electrons. The van der Waals surface area contributed by atoms with Crippen LogP contribution in [0, 0.1) is 5.41 Å². The van der Waals surface area contributed by atoms with Gasteiger partial charge in [0, 0.05) is 28.7 Å². The summed E-state index contributed by atoms with van der Waals surface area (Å²) in [6.07, 6.45) is 0.0505. The maximum atomic E-state index is 14.9. The van der Waals surface area contributed by atoms with Gasteiger partial charge in [0.2, 0.25) is 17.7 Å². The molecule has 0 saturated carbocycles. The number of hydrogen-bond donors (Lipinski definition) is 4. The third-order valence-corrected chi connectivity index (χ3v) is 7.08. The molecule has 1 saturated heterocycles. The molecule has 1 aromatic heterocycles. The zero-order valence-electron chi connectivity index (χ0n) is 20.5. The van der Waals surface area contributed by atoms with Gasteiger partial charge in [-0.3, -0.25) is 19.8 Å². The quantitative estimate of drug-likeness (QED) is 0.188. The van der Waals surface area contributed by atoms with Crippen LogP contribution in [0.15, 0.2) is 41.8 Å². The van der Waals surface area contributed by atoms with Crippen LogP contribution in [0.3, 0.4) is 0 Å². The summed E-state index contributed by atoms with van der Waals surface area (Å²) in [4.78, 5) is 39.6. The molecule has 9 nitrogen and oxygen atoms in total. The van der Waals surface area contributed by atoms with Crippen molar-refractivity contribution >= 4 is 34.9 Å². The Hall–Kier alpha value is -3.54. The highest BCUT2D eigenvalue weighted by molar-refractivity contribution is 7.10. The Morgan fingerprint density at radius 1 is 1.32 bits per heavy atom. The normalized spacial score (nSPS) is 19.8. The van der Waals surface area contributed by atoms with Crippen molar-refractivity contribution in [2.24, 2.45) is 5.73 Å². The second kappa shape index (κ2) is 12.6. The number of carbonyl (C=O) groups excluding carboxylic acids is 3. The lowest BCUT2D eigenvalue weighted by Crippen LogP contribution is -2.49. The lowest BCUT2D eigenvalue weighted by Gasteiger charge is -2.25. The molecule has 1 aliphatic rings. The molecule has 2 heterocycles. The van der Waals surface area contributed by atoms with Gasteiger partial charge in [-0.15, -0.1) is 11.3 Å². The monoisotopic (exact) mass is 535 g/mol. The number of nitrogens with zero attached hydrogens (tertiary/aromatic N) is 1. The van der Waals surface area contributed by atoms with Crippen LogP contribution < -0.4 is 21.1 Å². The summed E-state index contributed by atoms with van der Waals surface area (Å²) in [5.41, 5.74) is 3.65. The Bertz CT molecular complexity index is 1120. The molecule has 3 atom stereocenters. The van der Waals surface area contributed by atoms with Crippen molar-refractivity contribution in [1.29, 1.82) is 5.41 Å². The molecular formula is C25H31F2N5O4S. The summed E-state index contributed by atoms with van der Waals surface area (Å²) in [6.45, 7) is -0.335. The van der Waals surface area contributed by atoms with Crippen LogP contribution in [0.5, 0.6) is 5.75 Å². The number of halogens is 2. The van der Waals surface area contributed by atoms with E-state index in [0.717, 1.165) is 9.78 Å². The van der Waals surface area contributed by atoms with Crippen LogP contribution in [0.2, 0.25) is 0 Å². The van der Waals surface area contributed by atoms with E-state index in [1.165, 1.54) is 11.3 Å². The van der Waals surface area contributed by atoms with Gasteiger partial charge in [-0.1, -0.05) is 18.2 Å². The Balaban J connectivity index is 1.51. The summed E-state index contributed by atoms with van der Waals surface area (Å²) in [6, 6.07) is 9.07. The maximum Gasteiger partial charge on any atom is 0.243 e. The van der Waals surface area contributed by atoms with Crippen molar-refractivity contribution in [2.75, 3.05) is 26.4 Å². The van der Waals surface area contributed by atoms with Crippen molar-refractivity contribution < 1.29 is 27.9 Å². The Kier molecular flexibility index (Phi) is 9.56. The molecule has 1 unspecified atom stereocenters. The first-order valence-electron chi connectivity index (χ1n) is 11.8. The van der Waals surface area contributed by atoms with Gasteiger partial charge in [-0.25, -0.2) is 8.78 Å². The summed E-state index contributed by atoms with van der Waals surface area (Å²) >= 11 is 1.29. The van der Waals surface area contributed by atoms with Crippen molar-refractivity contribution in [3.05, 3.63) is 52.2 Å². The molecule has 0 bridgehead atoms. The Labute approximate surface area is 217 Å². The number of rotatable bonds is 12. The topological polar surface area (TPSA) is 138 Å².